The van der Waals surface area contributed by atoms with Gasteiger partial charge in [0, 0.05) is 11.8 Å². The van der Waals surface area contributed by atoms with Gasteiger partial charge in [0.1, 0.15) is 5.82 Å². The number of nitrogens with one attached hydrogen (secondary N) is 1. The first-order valence-corrected chi connectivity index (χ1v) is 9.13. The van der Waals surface area contributed by atoms with E-state index in [1.165, 1.54) is 23.1 Å². The van der Waals surface area contributed by atoms with Crippen molar-refractivity contribution in [3.63, 3.8) is 0 Å². The van der Waals surface area contributed by atoms with E-state index in [4.69, 9.17) is 14.2 Å². The first-order chi connectivity index (χ1) is 14.0. The van der Waals surface area contributed by atoms with Crippen molar-refractivity contribution in [3.8, 4) is 11.5 Å². The number of rotatable bonds is 4. The number of urea groups is 1. The van der Waals surface area contributed by atoms with Crippen molar-refractivity contribution in [2.45, 2.75) is 19.9 Å². The minimum Gasteiger partial charge on any atom is -0.463 e. The average molecular weight is 398 g/mol. The summed E-state index contributed by atoms with van der Waals surface area (Å²) in [7, 11) is 0. The minimum atomic E-state index is -0.831. The molecule has 0 aliphatic carbocycles. The molecule has 0 saturated heterocycles. The van der Waals surface area contributed by atoms with E-state index < -0.39 is 23.9 Å². The largest absolute Gasteiger partial charge is 0.463 e. The number of hydrogen-bond acceptors (Lipinski definition) is 5. The van der Waals surface area contributed by atoms with Crippen LogP contribution in [0.15, 0.2) is 53.7 Å². The number of carbonyl (C=O) groups is 2. The Balaban J connectivity index is 1.81. The molecule has 150 valence electrons. The van der Waals surface area contributed by atoms with Gasteiger partial charge < -0.3 is 19.5 Å². The molecule has 8 heteroatoms. The SMILES string of the molecule is CCOC(=O)C1=C(C)N(c2ccc3c(c2)OCO3)C(=O)N[C@H]1c1cccc(F)c1. The van der Waals surface area contributed by atoms with Crippen molar-refractivity contribution < 1.29 is 28.2 Å². The number of amides is 2. The number of hydrogen-bond donors (Lipinski definition) is 1. The van der Waals surface area contributed by atoms with Gasteiger partial charge in [-0.2, -0.15) is 0 Å². The lowest BCUT2D eigenvalue weighted by Crippen LogP contribution is -2.48. The lowest BCUT2D eigenvalue weighted by atomic mass is 9.94. The van der Waals surface area contributed by atoms with E-state index in [1.807, 2.05) is 0 Å². The van der Waals surface area contributed by atoms with E-state index in [0.717, 1.165) is 0 Å². The highest BCUT2D eigenvalue weighted by Gasteiger charge is 2.37. The molecule has 0 spiro atoms. The zero-order valence-corrected chi connectivity index (χ0v) is 15.9. The number of benzene rings is 2. The van der Waals surface area contributed by atoms with Crippen LogP contribution in [0.3, 0.4) is 0 Å². The number of halogens is 1. The molecule has 1 atom stereocenters. The smallest absolute Gasteiger partial charge is 0.338 e. The fourth-order valence-electron chi connectivity index (χ4n) is 3.49. The fourth-order valence-corrected chi connectivity index (χ4v) is 3.49. The Kier molecular flexibility index (Phi) is 4.84. The Hall–Kier alpha value is -3.55. The van der Waals surface area contributed by atoms with Crippen LogP contribution in [0.4, 0.5) is 14.9 Å². The number of fused-ring (bicyclic) bond motifs is 1. The van der Waals surface area contributed by atoms with E-state index in [2.05, 4.69) is 5.32 Å². The zero-order valence-electron chi connectivity index (χ0n) is 15.9. The second-order valence-electron chi connectivity index (χ2n) is 6.53. The Bertz CT molecular complexity index is 1020. The lowest BCUT2D eigenvalue weighted by molar-refractivity contribution is -0.139. The van der Waals surface area contributed by atoms with Crippen LogP contribution in [0.25, 0.3) is 0 Å². The van der Waals surface area contributed by atoms with Crippen LogP contribution in [0, 0.1) is 5.82 Å². The molecule has 2 aromatic carbocycles. The molecule has 0 fully saturated rings. The third kappa shape index (κ3) is 3.37. The highest BCUT2D eigenvalue weighted by atomic mass is 19.1. The van der Waals surface area contributed by atoms with Gasteiger partial charge in [-0.05, 0) is 43.7 Å². The quantitative estimate of drug-likeness (QED) is 0.796. The molecule has 4 rings (SSSR count). The summed E-state index contributed by atoms with van der Waals surface area (Å²) >= 11 is 0. The molecule has 2 heterocycles. The molecule has 1 N–H and O–H groups in total. The lowest BCUT2D eigenvalue weighted by Gasteiger charge is -2.35. The van der Waals surface area contributed by atoms with Gasteiger partial charge in [0.2, 0.25) is 6.79 Å². The summed E-state index contributed by atoms with van der Waals surface area (Å²) < 4.78 is 29.7. The van der Waals surface area contributed by atoms with Gasteiger partial charge in [-0.15, -0.1) is 0 Å². The zero-order chi connectivity index (χ0) is 20.5. The Labute approximate surface area is 166 Å². The number of nitrogens with zero attached hydrogens (tertiary/aromatic N) is 1. The number of ether oxygens (including phenoxy) is 3. The van der Waals surface area contributed by atoms with E-state index in [9.17, 15) is 14.0 Å². The van der Waals surface area contributed by atoms with E-state index in [-0.39, 0.29) is 19.0 Å². The second-order valence-corrected chi connectivity index (χ2v) is 6.53. The van der Waals surface area contributed by atoms with Crippen molar-refractivity contribution in [3.05, 3.63) is 65.1 Å². The van der Waals surface area contributed by atoms with Crippen molar-refractivity contribution in [2.75, 3.05) is 18.3 Å². The number of anilines is 1. The van der Waals surface area contributed by atoms with Gasteiger partial charge in [-0.1, -0.05) is 12.1 Å². The molecule has 0 unspecified atom stereocenters. The Morgan fingerprint density at radius 2 is 2.03 bits per heavy atom. The van der Waals surface area contributed by atoms with Crippen LogP contribution in [0.5, 0.6) is 11.5 Å². The molecule has 0 radical (unpaired) electrons. The summed E-state index contributed by atoms with van der Waals surface area (Å²) in [5, 5.41) is 2.79. The van der Waals surface area contributed by atoms with Gasteiger partial charge >= 0.3 is 12.0 Å². The normalized spacial score (nSPS) is 18.0. The number of carbonyl (C=O) groups excluding carboxylic acids is 2. The number of esters is 1. The summed E-state index contributed by atoms with van der Waals surface area (Å²) in [6.45, 7) is 3.63. The Morgan fingerprint density at radius 3 is 2.79 bits per heavy atom. The third-order valence-electron chi connectivity index (χ3n) is 4.78. The highest BCUT2D eigenvalue weighted by molar-refractivity contribution is 6.03. The summed E-state index contributed by atoms with van der Waals surface area (Å²) in [6, 6.07) is 9.53. The molecule has 2 aliphatic heterocycles. The molecular formula is C21H19FN2O5. The first kappa shape index (κ1) is 18.8. The molecule has 7 nitrogen and oxygen atoms in total. The predicted octanol–water partition coefficient (Wildman–Crippen LogP) is 3.66. The highest BCUT2D eigenvalue weighted by Crippen LogP contribution is 2.39. The maximum absolute atomic E-state index is 13.8. The standard InChI is InChI=1S/C21H19FN2O5/c1-3-27-20(25)18-12(2)24(15-7-8-16-17(10-15)29-11-28-16)21(26)23-19(18)13-5-4-6-14(22)9-13/h4-10,19H,3,11H2,1-2H3,(H,23,26)/t19-/m0/s1. The van der Waals surface area contributed by atoms with Crippen LogP contribution in [-0.2, 0) is 9.53 Å². The van der Waals surface area contributed by atoms with Gasteiger partial charge in [0.05, 0.1) is 23.9 Å². The molecule has 2 amide bonds. The van der Waals surface area contributed by atoms with Gasteiger partial charge in [0.15, 0.2) is 11.5 Å². The molecular weight excluding hydrogens is 379 g/mol. The van der Waals surface area contributed by atoms with Crippen molar-refractivity contribution in [1.82, 2.24) is 5.32 Å². The van der Waals surface area contributed by atoms with Crippen LogP contribution in [0.1, 0.15) is 25.5 Å². The second kappa shape index (κ2) is 7.46. The molecule has 29 heavy (non-hydrogen) atoms. The van der Waals surface area contributed by atoms with Crippen LogP contribution >= 0.6 is 0 Å². The number of allylic oxidation sites excluding steroid dienone is 1. The van der Waals surface area contributed by atoms with E-state index in [0.29, 0.717) is 28.4 Å². The van der Waals surface area contributed by atoms with Crippen molar-refractivity contribution >= 4 is 17.7 Å². The summed E-state index contributed by atoms with van der Waals surface area (Å²) in [4.78, 5) is 27.1. The molecule has 2 aliphatic rings. The maximum Gasteiger partial charge on any atom is 0.338 e. The average Bonchev–Trinajstić information content (AvgIpc) is 3.15. The predicted molar refractivity (Wildman–Crippen MR) is 102 cm³/mol. The molecule has 2 aromatic rings. The fraction of sp³-hybridized carbons (Fsp3) is 0.238. The van der Waals surface area contributed by atoms with Crippen molar-refractivity contribution in [1.29, 1.82) is 0 Å². The molecule has 0 saturated carbocycles. The topological polar surface area (TPSA) is 77.1 Å². The van der Waals surface area contributed by atoms with Crippen LogP contribution in [0.2, 0.25) is 0 Å². The maximum atomic E-state index is 13.8. The van der Waals surface area contributed by atoms with Gasteiger partial charge in [0.25, 0.3) is 0 Å². The van der Waals surface area contributed by atoms with Crippen LogP contribution in [-0.4, -0.2) is 25.4 Å². The van der Waals surface area contributed by atoms with E-state index in [1.54, 1.807) is 38.1 Å². The van der Waals surface area contributed by atoms with E-state index >= 15 is 0 Å². The summed E-state index contributed by atoms with van der Waals surface area (Å²) in [5.41, 5.74) is 1.57. The summed E-state index contributed by atoms with van der Waals surface area (Å²) in [6.07, 6.45) is 0. The van der Waals surface area contributed by atoms with Crippen molar-refractivity contribution in [2.24, 2.45) is 0 Å². The Morgan fingerprint density at radius 1 is 1.24 bits per heavy atom. The monoisotopic (exact) mass is 398 g/mol. The third-order valence-corrected chi connectivity index (χ3v) is 4.78. The molecule has 0 bridgehead atoms. The first-order valence-electron chi connectivity index (χ1n) is 9.13. The molecule has 0 aromatic heterocycles. The van der Waals surface area contributed by atoms with Gasteiger partial charge in [-0.3, -0.25) is 4.90 Å². The van der Waals surface area contributed by atoms with Gasteiger partial charge in [-0.25, -0.2) is 14.0 Å². The van der Waals surface area contributed by atoms with Crippen LogP contribution < -0.4 is 19.7 Å². The minimum absolute atomic E-state index is 0.107. The summed E-state index contributed by atoms with van der Waals surface area (Å²) in [5.74, 6) is 0.0462.